The molecule has 1 amide bonds. The van der Waals surface area contributed by atoms with Crippen LogP contribution in [0.3, 0.4) is 0 Å². The van der Waals surface area contributed by atoms with E-state index in [4.69, 9.17) is 9.72 Å². The van der Waals surface area contributed by atoms with Crippen LogP contribution < -0.4 is 10.3 Å². The number of halogens is 1. The van der Waals surface area contributed by atoms with Crippen LogP contribution in [0.1, 0.15) is 68.2 Å². The number of hydrogen-bond donors (Lipinski definition) is 0. The molecule has 1 heterocycles. The van der Waals surface area contributed by atoms with E-state index in [2.05, 4.69) is 6.92 Å². The molecule has 0 bridgehead atoms. The average Bonchev–Trinajstić information content (AvgIpc) is 2.94. The summed E-state index contributed by atoms with van der Waals surface area (Å²) in [5.41, 5.74) is 1.27. The van der Waals surface area contributed by atoms with Gasteiger partial charge in [0.25, 0.3) is 11.5 Å². The maximum absolute atomic E-state index is 14.1. The van der Waals surface area contributed by atoms with Crippen molar-refractivity contribution in [1.82, 2.24) is 14.5 Å². The number of carbonyl (C=O) groups is 1. The van der Waals surface area contributed by atoms with Crippen LogP contribution >= 0.6 is 0 Å². The maximum Gasteiger partial charge on any atom is 0.266 e. The Labute approximate surface area is 222 Å². The lowest BCUT2D eigenvalue weighted by Crippen LogP contribution is -2.39. The number of carbonyl (C=O) groups excluding carboxylic acids is 1. The van der Waals surface area contributed by atoms with E-state index < -0.39 is 11.9 Å². The lowest BCUT2D eigenvalue weighted by atomic mass is 10.1. The van der Waals surface area contributed by atoms with Crippen LogP contribution in [0.15, 0.2) is 77.6 Å². The second kappa shape index (κ2) is 12.5. The summed E-state index contributed by atoms with van der Waals surface area (Å²) < 4.78 is 21.0. The number of rotatable bonds is 11. The van der Waals surface area contributed by atoms with E-state index in [1.807, 2.05) is 37.3 Å². The minimum Gasteiger partial charge on any atom is -0.497 e. The molecule has 4 rings (SSSR count). The van der Waals surface area contributed by atoms with Gasteiger partial charge < -0.3 is 9.64 Å². The Morgan fingerprint density at radius 3 is 2.45 bits per heavy atom. The monoisotopic (exact) mass is 515 g/mol. The lowest BCUT2D eigenvalue weighted by molar-refractivity contribution is 0.0654. The normalized spacial score (nSPS) is 11.9. The molecule has 1 atom stereocenters. The summed E-state index contributed by atoms with van der Waals surface area (Å²) in [4.78, 5) is 34.4. The fourth-order valence-electron chi connectivity index (χ4n) is 4.79. The van der Waals surface area contributed by atoms with Gasteiger partial charge in [-0.3, -0.25) is 14.2 Å². The van der Waals surface area contributed by atoms with Gasteiger partial charge in [0.05, 0.1) is 29.7 Å². The summed E-state index contributed by atoms with van der Waals surface area (Å²) in [7, 11) is 1.59. The zero-order valence-corrected chi connectivity index (χ0v) is 22.2. The van der Waals surface area contributed by atoms with Crippen molar-refractivity contribution in [3.8, 4) is 11.4 Å². The highest BCUT2D eigenvalue weighted by Gasteiger charge is 2.29. The topological polar surface area (TPSA) is 64.4 Å². The molecule has 0 saturated heterocycles. The number of ether oxygens (including phenoxy) is 1. The van der Waals surface area contributed by atoms with E-state index >= 15 is 0 Å². The maximum atomic E-state index is 14.1. The van der Waals surface area contributed by atoms with Gasteiger partial charge in [-0.25, -0.2) is 9.37 Å². The molecule has 0 aliphatic carbocycles. The van der Waals surface area contributed by atoms with Gasteiger partial charge in [0, 0.05) is 12.1 Å². The molecule has 0 saturated carbocycles. The van der Waals surface area contributed by atoms with Gasteiger partial charge >= 0.3 is 0 Å². The molecule has 0 radical (unpaired) electrons. The van der Waals surface area contributed by atoms with Gasteiger partial charge in [-0.1, -0.05) is 51.3 Å². The summed E-state index contributed by atoms with van der Waals surface area (Å²) in [6.45, 7) is 4.58. The Morgan fingerprint density at radius 1 is 1.00 bits per heavy atom. The highest BCUT2D eigenvalue weighted by Crippen LogP contribution is 2.29. The first kappa shape index (κ1) is 27.0. The van der Waals surface area contributed by atoms with Gasteiger partial charge in [0.1, 0.15) is 17.4 Å². The molecule has 0 aliphatic rings. The number of unbranched alkanes of at least 4 members (excludes halogenated alkanes) is 3. The standard InChI is InChI=1S/C31H34FN3O3/c1-4-6-7-10-20-34(30(36)22-12-11-13-23(32)21-22)28(5-2)29-33-27-15-9-8-14-26(27)31(37)35(29)24-16-18-25(38-3)19-17-24/h8-9,11-19,21,28H,4-7,10,20H2,1-3H3. The van der Waals surface area contributed by atoms with Crippen molar-refractivity contribution in [2.75, 3.05) is 13.7 Å². The van der Waals surface area contributed by atoms with Crippen molar-refractivity contribution in [2.45, 2.75) is 52.0 Å². The molecule has 1 unspecified atom stereocenters. The van der Waals surface area contributed by atoms with Crippen LogP contribution in [0, 0.1) is 5.82 Å². The molecular formula is C31H34FN3O3. The molecule has 4 aromatic rings. The molecular weight excluding hydrogens is 481 g/mol. The third-order valence-electron chi connectivity index (χ3n) is 6.78. The predicted molar refractivity (Wildman–Crippen MR) is 149 cm³/mol. The van der Waals surface area contributed by atoms with Crippen molar-refractivity contribution in [3.05, 3.63) is 100 Å². The first-order valence-electron chi connectivity index (χ1n) is 13.2. The number of aromatic nitrogens is 2. The van der Waals surface area contributed by atoms with Gasteiger partial charge in [0.15, 0.2) is 0 Å². The van der Waals surface area contributed by atoms with E-state index in [1.54, 1.807) is 46.9 Å². The number of nitrogens with zero attached hydrogens (tertiary/aromatic N) is 3. The van der Waals surface area contributed by atoms with Crippen LogP contribution in [0.2, 0.25) is 0 Å². The van der Waals surface area contributed by atoms with Crippen LogP contribution in [0.4, 0.5) is 4.39 Å². The number of fused-ring (bicyclic) bond motifs is 1. The Kier molecular flexibility index (Phi) is 8.89. The third-order valence-corrected chi connectivity index (χ3v) is 6.78. The Bertz CT molecular complexity index is 1450. The minimum atomic E-state index is -0.508. The van der Waals surface area contributed by atoms with Crippen LogP contribution in [0.25, 0.3) is 16.6 Å². The molecule has 0 fully saturated rings. The summed E-state index contributed by atoms with van der Waals surface area (Å²) in [6, 6.07) is 19.7. The van der Waals surface area contributed by atoms with Crippen molar-refractivity contribution in [3.63, 3.8) is 0 Å². The molecule has 38 heavy (non-hydrogen) atoms. The first-order chi connectivity index (χ1) is 18.5. The number of hydrogen-bond acceptors (Lipinski definition) is 4. The first-order valence-corrected chi connectivity index (χ1v) is 13.2. The summed E-state index contributed by atoms with van der Waals surface area (Å²) in [5, 5.41) is 0.493. The summed E-state index contributed by atoms with van der Waals surface area (Å²) in [5.74, 6) is 0.398. The largest absolute Gasteiger partial charge is 0.497 e. The van der Waals surface area contributed by atoms with E-state index in [0.29, 0.717) is 41.1 Å². The van der Waals surface area contributed by atoms with Gasteiger partial charge in [-0.05, 0) is 67.4 Å². The van der Waals surface area contributed by atoms with Crippen molar-refractivity contribution >= 4 is 16.8 Å². The zero-order chi connectivity index (χ0) is 27.1. The minimum absolute atomic E-state index is 0.210. The number of benzene rings is 3. The lowest BCUT2D eigenvalue weighted by Gasteiger charge is -2.32. The third kappa shape index (κ3) is 5.77. The van der Waals surface area contributed by atoms with Gasteiger partial charge in [-0.15, -0.1) is 0 Å². The Hall–Kier alpha value is -4.00. The number of amides is 1. The molecule has 0 spiro atoms. The predicted octanol–water partition coefficient (Wildman–Crippen LogP) is 6.71. The Morgan fingerprint density at radius 2 is 1.76 bits per heavy atom. The van der Waals surface area contributed by atoms with Crippen LogP contribution in [-0.4, -0.2) is 34.0 Å². The van der Waals surface area contributed by atoms with Crippen molar-refractivity contribution in [2.24, 2.45) is 0 Å². The molecule has 6 nitrogen and oxygen atoms in total. The fourth-order valence-corrected chi connectivity index (χ4v) is 4.79. The molecule has 0 N–H and O–H groups in total. The van der Waals surface area contributed by atoms with Crippen LogP contribution in [0.5, 0.6) is 5.75 Å². The van der Waals surface area contributed by atoms with Crippen molar-refractivity contribution < 1.29 is 13.9 Å². The van der Waals surface area contributed by atoms with Crippen molar-refractivity contribution in [1.29, 1.82) is 0 Å². The van der Waals surface area contributed by atoms with Crippen LogP contribution in [-0.2, 0) is 0 Å². The smallest absolute Gasteiger partial charge is 0.266 e. The quantitative estimate of drug-likeness (QED) is 0.208. The number of methoxy groups -OCH3 is 1. The fraction of sp³-hybridized carbons (Fsp3) is 0.323. The molecule has 0 aliphatic heterocycles. The molecule has 3 aromatic carbocycles. The SMILES string of the molecule is CCCCCCN(C(=O)c1cccc(F)c1)C(CC)c1nc2ccccc2c(=O)n1-c1ccc(OC)cc1. The van der Waals surface area contributed by atoms with Gasteiger partial charge in [0.2, 0.25) is 0 Å². The van der Waals surface area contributed by atoms with E-state index in [9.17, 15) is 14.0 Å². The van der Waals surface area contributed by atoms with Gasteiger partial charge in [-0.2, -0.15) is 0 Å². The molecule has 1 aromatic heterocycles. The zero-order valence-electron chi connectivity index (χ0n) is 22.2. The number of para-hydroxylation sites is 1. The summed E-state index contributed by atoms with van der Waals surface area (Å²) >= 11 is 0. The average molecular weight is 516 g/mol. The highest BCUT2D eigenvalue weighted by atomic mass is 19.1. The summed E-state index contributed by atoms with van der Waals surface area (Å²) in [6.07, 6.45) is 4.42. The Balaban J connectivity index is 1.89. The second-order valence-electron chi connectivity index (χ2n) is 9.32. The highest BCUT2D eigenvalue weighted by molar-refractivity contribution is 5.94. The van der Waals surface area contributed by atoms with E-state index in [0.717, 1.165) is 25.7 Å². The molecule has 198 valence electrons. The molecule has 7 heteroatoms. The second-order valence-corrected chi connectivity index (χ2v) is 9.32. The van der Waals surface area contributed by atoms with E-state index in [1.165, 1.54) is 12.1 Å². The van der Waals surface area contributed by atoms with E-state index in [-0.39, 0.29) is 17.0 Å².